The second-order valence-electron chi connectivity index (χ2n) is 12.8. The number of rotatable bonds is 12. The van der Waals surface area contributed by atoms with Crippen LogP contribution >= 0.6 is 0 Å². The number of aromatic nitrogens is 2. The third-order valence-electron chi connectivity index (χ3n) is 8.15. The van der Waals surface area contributed by atoms with Gasteiger partial charge in [-0.2, -0.15) is 0 Å². The van der Waals surface area contributed by atoms with Gasteiger partial charge in [-0.15, -0.1) is 0 Å². The second kappa shape index (κ2) is 30.9. The van der Waals surface area contributed by atoms with E-state index in [1.54, 1.807) is 6.20 Å². The Labute approximate surface area is 296 Å². The molecule has 0 N–H and O–H groups in total. The third kappa shape index (κ3) is 25.7. The molecule has 0 saturated heterocycles. The number of hydrogen-bond donors (Lipinski definition) is 0. The lowest BCUT2D eigenvalue weighted by atomic mass is 10.1. The van der Waals surface area contributed by atoms with Gasteiger partial charge >= 0.3 is 0 Å². The molecule has 4 aromatic rings. The fourth-order valence-electron chi connectivity index (χ4n) is 4.97. The van der Waals surface area contributed by atoms with Crippen LogP contribution in [0.15, 0.2) is 97.2 Å². The van der Waals surface area contributed by atoms with Crippen LogP contribution in [0.4, 0.5) is 0 Å². The molecular formula is C44H70FN3. The number of quaternary nitrogens is 1. The highest BCUT2D eigenvalue weighted by molar-refractivity contribution is 5.23. The van der Waals surface area contributed by atoms with Gasteiger partial charge in [0.2, 0.25) is 0 Å². The van der Waals surface area contributed by atoms with E-state index in [0.29, 0.717) is 0 Å². The lowest BCUT2D eigenvalue weighted by Gasteiger charge is -2.39. The van der Waals surface area contributed by atoms with Crippen LogP contribution in [-0.4, -0.2) is 40.6 Å². The fraction of sp³-hybridized carbons (Fsp3) is 0.500. The van der Waals surface area contributed by atoms with Gasteiger partial charge in [0, 0.05) is 23.3 Å². The molecule has 0 spiro atoms. The second-order valence-corrected chi connectivity index (χ2v) is 12.8. The minimum absolute atomic E-state index is 0. The molecule has 0 unspecified atom stereocenters. The Morgan fingerprint density at radius 1 is 0.438 bits per heavy atom. The Morgan fingerprint density at radius 2 is 0.812 bits per heavy atom. The van der Waals surface area contributed by atoms with Crippen LogP contribution < -0.4 is 4.70 Å². The summed E-state index contributed by atoms with van der Waals surface area (Å²) >= 11 is 0. The highest BCUT2D eigenvalue weighted by Gasteiger charge is 2.24. The molecule has 0 atom stereocenters. The molecule has 4 rings (SSSR count). The maximum atomic E-state index is 4.17. The Kier molecular flexibility index (Phi) is 30.1. The minimum Gasteiger partial charge on any atom is -1.00 e. The van der Waals surface area contributed by atoms with Crippen LogP contribution in [0.2, 0.25) is 0 Å². The largest absolute Gasteiger partial charge is 1.00 e. The number of pyridine rings is 2. The zero-order valence-electron chi connectivity index (χ0n) is 32.4. The molecule has 2 aromatic carbocycles. The molecule has 2 heterocycles. The summed E-state index contributed by atoms with van der Waals surface area (Å²) in [7, 11) is 0. The van der Waals surface area contributed by atoms with Crippen LogP contribution in [0.3, 0.4) is 0 Å². The summed E-state index contributed by atoms with van der Waals surface area (Å²) < 4.78 is 1.42. The summed E-state index contributed by atoms with van der Waals surface area (Å²) in [5, 5.41) is 0. The smallest absolute Gasteiger partial charge is 0.0786 e. The molecule has 3 nitrogen and oxygen atoms in total. The zero-order valence-corrected chi connectivity index (χ0v) is 32.4. The van der Waals surface area contributed by atoms with Crippen molar-refractivity contribution in [2.75, 3.05) is 26.2 Å². The van der Waals surface area contributed by atoms with Crippen molar-refractivity contribution in [3.63, 3.8) is 0 Å². The number of hydrogen-bond acceptors (Lipinski definition) is 2. The van der Waals surface area contributed by atoms with E-state index < -0.39 is 0 Å². The molecule has 0 fully saturated rings. The number of nitrogens with zero attached hydrogens (tertiary/aromatic N) is 3. The van der Waals surface area contributed by atoms with E-state index in [1.807, 2.05) is 75.4 Å². The Bertz CT molecular complexity index is 1130. The lowest BCUT2D eigenvalue weighted by molar-refractivity contribution is -0.929. The maximum Gasteiger partial charge on any atom is 0.0786 e. The summed E-state index contributed by atoms with van der Waals surface area (Å²) in [6, 6.07) is 30.5. The molecule has 4 heteroatoms. The van der Waals surface area contributed by atoms with Crippen LogP contribution in [0.1, 0.15) is 113 Å². The van der Waals surface area contributed by atoms with Crippen molar-refractivity contribution in [1.82, 2.24) is 9.97 Å². The van der Waals surface area contributed by atoms with E-state index >= 15 is 0 Å². The first-order valence-electron chi connectivity index (χ1n) is 18.3. The molecule has 0 bridgehead atoms. The molecule has 0 aliphatic rings. The fourth-order valence-corrected chi connectivity index (χ4v) is 4.97. The van der Waals surface area contributed by atoms with E-state index in [2.05, 4.69) is 94.8 Å². The highest BCUT2D eigenvalue weighted by Crippen LogP contribution is 2.16. The highest BCUT2D eigenvalue weighted by atomic mass is 19.0. The quantitative estimate of drug-likeness (QED) is 0.142. The molecule has 0 saturated carbocycles. The van der Waals surface area contributed by atoms with E-state index in [9.17, 15) is 0 Å². The van der Waals surface area contributed by atoms with Crippen molar-refractivity contribution < 1.29 is 9.19 Å². The van der Waals surface area contributed by atoms with Crippen molar-refractivity contribution in [2.45, 2.75) is 121 Å². The number of halogens is 1. The predicted molar refractivity (Wildman–Crippen MR) is 209 cm³/mol. The summed E-state index contributed by atoms with van der Waals surface area (Å²) in [5.41, 5.74) is 7.31. The lowest BCUT2D eigenvalue weighted by Crippen LogP contribution is -3.00. The molecular weight excluding hydrogens is 590 g/mol. The van der Waals surface area contributed by atoms with E-state index in [-0.39, 0.29) is 4.70 Å². The summed E-state index contributed by atoms with van der Waals surface area (Å²) in [5.74, 6) is 0. The van der Waals surface area contributed by atoms with Gasteiger partial charge in [-0.3, -0.25) is 9.97 Å². The first-order chi connectivity index (χ1) is 22.6. The molecule has 0 aliphatic carbocycles. The van der Waals surface area contributed by atoms with Crippen molar-refractivity contribution in [3.8, 4) is 0 Å². The average molecular weight is 660 g/mol. The summed E-state index contributed by atoms with van der Waals surface area (Å²) in [6.45, 7) is 27.3. The molecule has 0 amide bonds. The van der Waals surface area contributed by atoms with E-state index in [0.717, 1.165) is 17.1 Å². The van der Waals surface area contributed by atoms with E-state index in [1.165, 1.54) is 98.7 Å². The van der Waals surface area contributed by atoms with Crippen LogP contribution in [0.25, 0.3) is 0 Å². The first-order valence-corrected chi connectivity index (χ1v) is 18.3. The number of unbranched alkanes of at least 4 members (excludes halogenated alkanes) is 4. The Hall–Kier alpha value is -3.37. The van der Waals surface area contributed by atoms with Gasteiger partial charge in [0.05, 0.1) is 26.2 Å². The van der Waals surface area contributed by atoms with Crippen LogP contribution in [0.5, 0.6) is 0 Å². The van der Waals surface area contributed by atoms with Gasteiger partial charge < -0.3 is 9.19 Å². The Morgan fingerprint density at radius 3 is 1.04 bits per heavy atom. The van der Waals surface area contributed by atoms with Crippen LogP contribution in [0, 0.1) is 41.5 Å². The maximum absolute atomic E-state index is 4.17. The zero-order chi connectivity index (χ0) is 35.2. The molecule has 0 radical (unpaired) electrons. The van der Waals surface area contributed by atoms with Crippen molar-refractivity contribution in [3.05, 3.63) is 131 Å². The number of benzene rings is 2. The van der Waals surface area contributed by atoms with Gasteiger partial charge in [-0.05, 0) is 103 Å². The SMILES string of the molecule is CCCC[N+](CCCC)(CCCC)CCCC.Cc1cccc(C)n1.Cc1ccccc1.Cc1ccccc1C.Cc1ccccn1.[F-]. The van der Waals surface area contributed by atoms with Gasteiger partial charge in [-0.1, -0.05) is 126 Å². The molecule has 48 heavy (non-hydrogen) atoms. The van der Waals surface area contributed by atoms with E-state index in [4.69, 9.17) is 0 Å². The monoisotopic (exact) mass is 660 g/mol. The normalized spacial score (nSPS) is 9.88. The molecule has 2 aromatic heterocycles. The average Bonchev–Trinajstić information content (AvgIpc) is 3.07. The number of aryl methyl sites for hydroxylation is 6. The van der Waals surface area contributed by atoms with Gasteiger partial charge in [-0.25, -0.2) is 0 Å². The van der Waals surface area contributed by atoms with Crippen LogP contribution in [-0.2, 0) is 0 Å². The summed E-state index contributed by atoms with van der Waals surface area (Å²) in [4.78, 5) is 8.15. The van der Waals surface area contributed by atoms with Gasteiger partial charge in [0.15, 0.2) is 0 Å². The van der Waals surface area contributed by atoms with Crippen molar-refractivity contribution >= 4 is 0 Å². The first kappa shape index (κ1) is 46.7. The predicted octanol–water partition coefficient (Wildman–Crippen LogP) is 9.39. The topological polar surface area (TPSA) is 25.8 Å². The standard InChI is InChI=1S/C16H36N.C8H10.C7H9N.C7H8.C6H7N.FH/c1-5-9-13-17(14-10-6-2,15-11-7-3)16-12-8-4;1-7-5-3-4-6-8(7)2;1-6-4-3-5-7(2)8-6;1-7-5-3-2-4-6-7;1-6-4-2-3-5-7-6;/h5-16H2,1-4H3;3-6H,1-2H3;3-5H,1-2H3;2-6H,1H3;2-5H,1H3;1H/q+1;;;;;/p-1. The third-order valence-corrected chi connectivity index (χ3v) is 8.15. The molecule has 268 valence electrons. The minimum atomic E-state index is 0. The van der Waals surface area contributed by atoms with Gasteiger partial charge in [0.1, 0.15) is 0 Å². The summed E-state index contributed by atoms with van der Waals surface area (Å²) in [6.07, 6.45) is 12.8. The van der Waals surface area contributed by atoms with Crippen molar-refractivity contribution in [1.29, 1.82) is 0 Å². The van der Waals surface area contributed by atoms with Crippen molar-refractivity contribution in [2.24, 2.45) is 0 Å². The molecule has 0 aliphatic heterocycles. The Balaban J connectivity index is 0. The van der Waals surface area contributed by atoms with Gasteiger partial charge in [0.25, 0.3) is 0 Å².